The van der Waals surface area contributed by atoms with Crippen molar-refractivity contribution in [2.24, 2.45) is 0 Å². The number of amides is 2. The Balaban J connectivity index is 1.49. The molecule has 2 N–H and O–H groups in total. The zero-order valence-corrected chi connectivity index (χ0v) is 14.3. The van der Waals surface area contributed by atoms with Crippen molar-refractivity contribution in [3.8, 4) is 0 Å². The van der Waals surface area contributed by atoms with Gasteiger partial charge in [-0.15, -0.1) is 0 Å². The predicted molar refractivity (Wildman–Crippen MR) is 98.6 cm³/mol. The van der Waals surface area contributed by atoms with Crippen LogP contribution >= 0.6 is 0 Å². The standard InChI is InChI=1S/C21H24N2O2/c24-20(22-15-14-16-6-2-1-3-7-16)17-10-12-18(13-11-17)21(25)23-19-8-4-5-9-19/h1-3,6-7,10-13,19H,4-5,8-9,14-15H2,(H,22,24)(H,23,25). The first-order valence-electron chi connectivity index (χ1n) is 8.95. The smallest absolute Gasteiger partial charge is 0.251 e. The molecule has 25 heavy (non-hydrogen) atoms. The third-order valence-electron chi connectivity index (χ3n) is 4.64. The highest BCUT2D eigenvalue weighted by Gasteiger charge is 2.18. The molecule has 4 nitrogen and oxygen atoms in total. The second-order valence-corrected chi connectivity index (χ2v) is 6.52. The van der Waals surface area contributed by atoms with Gasteiger partial charge in [-0.2, -0.15) is 0 Å². The van der Waals surface area contributed by atoms with Gasteiger partial charge in [0.25, 0.3) is 11.8 Å². The van der Waals surface area contributed by atoms with Crippen LogP contribution < -0.4 is 10.6 Å². The van der Waals surface area contributed by atoms with Gasteiger partial charge < -0.3 is 10.6 Å². The number of hydrogen-bond acceptors (Lipinski definition) is 2. The van der Waals surface area contributed by atoms with E-state index < -0.39 is 0 Å². The Morgan fingerprint density at radius 2 is 1.44 bits per heavy atom. The highest BCUT2D eigenvalue weighted by Crippen LogP contribution is 2.18. The minimum absolute atomic E-state index is 0.0528. The van der Waals surface area contributed by atoms with E-state index in [1.54, 1.807) is 24.3 Å². The molecule has 3 rings (SSSR count). The molecule has 1 saturated carbocycles. The first kappa shape index (κ1) is 17.2. The molecule has 0 atom stereocenters. The van der Waals surface area contributed by atoms with Gasteiger partial charge in [-0.3, -0.25) is 9.59 Å². The van der Waals surface area contributed by atoms with E-state index >= 15 is 0 Å². The SMILES string of the molecule is O=C(NCCc1ccccc1)c1ccc(C(=O)NC2CCCC2)cc1. The summed E-state index contributed by atoms with van der Waals surface area (Å²) in [6.45, 7) is 0.590. The van der Waals surface area contributed by atoms with Gasteiger partial charge in [-0.05, 0) is 49.1 Å². The summed E-state index contributed by atoms with van der Waals surface area (Å²) in [7, 11) is 0. The first-order valence-corrected chi connectivity index (χ1v) is 8.95. The number of carbonyl (C=O) groups is 2. The summed E-state index contributed by atoms with van der Waals surface area (Å²) in [5.74, 6) is -0.165. The summed E-state index contributed by atoms with van der Waals surface area (Å²) in [5, 5.41) is 5.97. The summed E-state index contributed by atoms with van der Waals surface area (Å²) in [6.07, 6.45) is 5.30. The number of carbonyl (C=O) groups excluding carboxylic acids is 2. The fraction of sp³-hybridized carbons (Fsp3) is 0.333. The van der Waals surface area contributed by atoms with Crippen molar-refractivity contribution in [1.29, 1.82) is 0 Å². The number of rotatable bonds is 6. The molecule has 0 radical (unpaired) electrons. The van der Waals surface area contributed by atoms with Gasteiger partial charge in [0.2, 0.25) is 0 Å². The average molecular weight is 336 g/mol. The highest BCUT2D eigenvalue weighted by molar-refractivity contribution is 5.97. The number of benzene rings is 2. The van der Waals surface area contributed by atoms with Gasteiger partial charge >= 0.3 is 0 Å². The Morgan fingerprint density at radius 3 is 2.08 bits per heavy atom. The topological polar surface area (TPSA) is 58.2 Å². The highest BCUT2D eigenvalue weighted by atomic mass is 16.2. The van der Waals surface area contributed by atoms with E-state index in [0.29, 0.717) is 23.7 Å². The third kappa shape index (κ3) is 4.92. The Bertz CT molecular complexity index is 704. The zero-order valence-electron chi connectivity index (χ0n) is 14.3. The lowest BCUT2D eigenvalue weighted by molar-refractivity contribution is 0.0931. The monoisotopic (exact) mass is 336 g/mol. The van der Waals surface area contributed by atoms with E-state index in [9.17, 15) is 9.59 Å². The van der Waals surface area contributed by atoms with Crippen LogP contribution in [-0.2, 0) is 6.42 Å². The van der Waals surface area contributed by atoms with E-state index in [1.165, 1.54) is 18.4 Å². The van der Waals surface area contributed by atoms with Crippen LogP contribution in [0.4, 0.5) is 0 Å². The normalized spacial score (nSPS) is 14.2. The molecule has 0 aliphatic heterocycles. The third-order valence-corrected chi connectivity index (χ3v) is 4.64. The van der Waals surface area contributed by atoms with E-state index in [0.717, 1.165) is 19.3 Å². The molecular formula is C21H24N2O2. The van der Waals surface area contributed by atoms with Crippen molar-refractivity contribution in [3.63, 3.8) is 0 Å². The maximum Gasteiger partial charge on any atom is 0.251 e. The van der Waals surface area contributed by atoms with Crippen LogP contribution in [0.15, 0.2) is 54.6 Å². The van der Waals surface area contributed by atoms with E-state index in [1.807, 2.05) is 30.3 Å². The molecule has 4 heteroatoms. The molecule has 1 aliphatic carbocycles. The summed E-state index contributed by atoms with van der Waals surface area (Å²) in [4.78, 5) is 24.4. The lowest BCUT2D eigenvalue weighted by Gasteiger charge is -2.12. The second kappa shape index (κ2) is 8.47. The molecule has 0 aromatic heterocycles. The van der Waals surface area contributed by atoms with Gasteiger partial charge in [-0.1, -0.05) is 43.2 Å². The first-order chi connectivity index (χ1) is 12.2. The predicted octanol–water partition coefficient (Wildman–Crippen LogP) is 3.33. The van der Waals surface area contributed by atoms with Crippen LogP contribution in [0.25, 0.3) is 0 Å². The zero-order chi connectivity index (χ0) is 17.5. The molecule has 2 aromatic rings. The lowest BCUT2D eigenvalue weighted by Crippen LogP contribution is -2.32. The molecule has 0 saturated heterocycles. The van der Waals surface area contributed by atoms with Gasteiger partial charge in [-0.25, -0.2) is 0 Å². The Morgan fingerprint density at radius 1 is 0.840 bits per heavy atom. The fourth-order valence-electron chi connectivity index (χ4n) is 3.18. The minimum atomic E-state index is -0.112. The fourth-order valence-corrected chi connectivity index (χ4v) is 3.18. The minimum Gasteiger partial charge on any atom is -0.352 e. The van der Waals surface area contributed by atoms with Crippen LogP contribution in [0, 0.1) is 0 Å². The summed E-state index contributed by atoms with van der Waals surface area (Å²) in [6, 6.07) is 17.2. The molecule has 0 spiro atoms. The Kier molecular flexibility index (Phi) is 5.83. The quantitative estimate of drug-likeness (QED) is 0.850. The van der Waals surface area contributed by atoms with E-state index in [2.05, 4.69) is 10.6 Å². The van der Waals surface area contributed by atoms with Gasteiger partial charge in [0.05, 0.1) is 0 Å². The summed E-state index contributed by atoms with van der Waals surface area (Å²) >= 11 is 0. The van der Waals surface area contributed by atoms with Crippen LogP contribution in [0.2, 0.25) is 0 Å². The molecule has 1 fully saturated rings. The van der Waals surface area contributed by atoms with Gasteiger partial charge in [0, 0.05) is 23.7 Å². The van der Waals surface area contributed by atoms with Crippen molar-refractivity contribution in [2.45, 2.75) is 38.1 Å². The van der Waals surface area contributed by atoms with Crippen LogP contribution in [0.1, 0.15) is 52.0 Å². The summed E-state index contributed by atoms with van der Waals surface area (Å²) < 4.78 is 0. The van der Waals surface area contributed by atoms with Crippen molar-refractivity contribution in [1.82, 2.24) is 10.6 Å². The maximum atomic E-state index is 12.2. The van der Waals surface area contributed by atoms with Crippen molar-refractivity contribution in [3.05, 3.63) is 71.3 Å². The van der Waals surface area contributed by atoms with E-state index in [4.69, 9.17) is 0 Å². The Labute approximate surface area is 148 Å². The van der Waals surface area contributed by atoms with Crippen molar-refractivity contribution >= 4 is 11.8 Å². The van der Waals surface area contributed by atoms with Gasteiger partial charge in [0.1, 0.15) is 0 Å². The molecule has 2 aromatic carbocycles. The molecule has 130 valence electrons. The van der Waals surface area contributed by atoms with Crippen molar-refractivity contribution < 1.29 is 9.59 Å². The van der Waals surface area contributed by atoms with Crippen LogP contribution in [0.3, 0.4) is 0 Å². The largest absolute Gasteiger partial charge is 0.352 e. The van der Waals surface area contributed by atoms with E-state index in [-0.39, 0.29) is 11.8 Å². The number of hydrogen-bond donors (Lipinski definition) is 2. The molecular weight excluding hydrogens is 312 g/mol. The maximum absolute atomic E-state index is 12.2. The number of nitrogens with one attached hydrogen (secondary N) is 2. The molecule has 0 unspecified atom stereocenters. The second-order valence-electron chi connectivity index (χ2n) is 6.52. The average Bonchev–Trinajstić information content (AvgIpc) is 3.15. The van der Waals surface area contributed by atoms with Gasteiger partial charge in [0.15, 0.2) is 0 Å². The van der Waals surface area contributed by atoms with Crippen molar-refractivity contribution in [2.75, 3.05) is 6.54 Å². The van der Waals surface area contributed by atoms with Crippen LogP contribution in [0.5, 0.6) is 0 Å². The molecule has 0 heterocycles. The lowest BCUT2D eigenvalue weighted by atomic mass is 10.1. The molecule has 2 amide bonds. The Hall–Kier alpha value is -2.62. The molecule has 0 bridgehead atoms. The van der Waals surface area contributed by atoms with Crippen LogP contribution in [-0.4, -0.2) is 24.4 Å². The molecule has 1 aliphatic rings. The summed E-state index contributed by atoms with van der Waals surface area (Å²) in [5.41, 5.74) is 2.37.